The molecule has 0 N–H and O–H groups in total. The van der Waals surface area contributed by atoms with Crippen LogP contribution in [0.15, 0.2) is 23.4 Å². The third-order valence-electron chi connectivity index (χ3n) is 5.43. The first kappa shape index (κ1) is 24.6. The van der Waals surface area contributed by atoms with Gasteiger partial charge in [-0.05, 0) is 52.0 Å². The molecular weight excluding hydrogens is 348 g/mol. The molecule has 28 heavy (non-hydrogen) atoms. The standard InChI is InChI=1S/C20H32N2O2.2C2H6/c1-5-15-13-17(14-18(15)16-7-6-8-16)21-9-11-22(12-10-21)19(23)24-20(2,3)4;2*1-2/h13-16H,5-12H2,1-4H3;2*1-2H3. The molecule has 1 heterocycles. The number of rotatable bonds is 3. The van der Waals surface area contributed by atoms with Crippen LogP contribution in [-0.2, 0) is 4.74 Å². The van der Waals surface area contributed by atoms with Gasteiger partial charge in [0.15, 0.2) is 0 Å². The molecule has 4 heteroatoms. The van der Waals surface area contributed by atoms with Crippen LogP contribution < -0.4 is 0 Å². The van der Waals surface area contributed by atoms with Gasteiger partial charge >= 0.3 is 6.09 Å². The van der Waals surface area contributed by atoms with Crippen LogP contribution >= 0.6 is 0 Å². The van der Waals surface area contributed by atoms with E-state index in [-0.39, 0.29) is 6.09 Å². The van der Waals surface area contributed by atoms with Crippen LogP contribution in [-0.4, -0.2) is 47.7 Å². The second-order valence-electron chi connectivity index (χ2n) is 8.33. The summed E-state index contributed by atoms with van der Waals surface area (Å²) in [7, 11) is 0. The molecular formula is C24H44N2O2. The summed E-state index contributed by atoms with van der Waals surface area (Å²) in [4.78, 5) is 16.5. The lowest BCUT2D eigenvalue weighted by molar-refractivity contribution is 0.0171. The lowest BCUT2D eigenvalue weighted by Crippen LogP contribution is -2.49. The van der Waals surface area contributed by atoms with Gasteiger partial charge in [0, 0.05) is 37.8 Å². The van der Waals surface area contributed by atoms with E-state index in [9.17, 15) is 4.79 Å². The molecule has 4 nitrogen and oxygen atoms in total. The van der Waals surface area contributed by atoms with Gasteiger partial charge in [0.05, 0.1) is 0 Å². The predicted octanol–water partition coefficient (Wildman–Crippen LogP) is 6.24. The van der Waals surface area contributed by atoms with E-state index < -0.39 is 5.60 Å². The van der Waals surface area contributed by atoms with Crippen LogP contribution in [0.1, 0.15) is 81.1 Å². The van der Waals surface area contributed by atoms with Gasteiger partial charge in [-0.3, -0.25) is 0 Å². The molecule has 3 rings (SSSR count). The first-order valence-electron chi connectivity index (χ1n) is 11.5. The molecule has 2 aliphatic carbocycles. The SMILES string of the molecule is CC.CC.CCC1C=C(N2CCN(C(=O)OC(C)(C)C)CC2)C=C1C1CCC1. The van der Waals surface area contributed by atoms with E-state index in [1.807, 2.05) is 53.4 Å². The Kier molecular flexibility index (Phi) is 10.1. The van der Waals surface area contributed by atoms with Crippen molar-refractivity contribution in [2.24, 2.45) is 11.8 Å². The summed E-state index contributed by atoms with van der Waals surface area (Å²) in [6, 6.07) is 0. The number of amides is 1. The smallest absolute Gasteiger partial charge is 0.410 e. The zero-order chi connectivity index (χ0) is 21.3. The summed E-state index contributed by atoms with van der Waals surface area (Å²) in [6.45, 7) is 19.3. The molecule has 3 aliphatic rings. The Morgan fingerprint density at radius 2 is 1.64 bits per heavy atom. The highest BCUT2D eigenvalue weighted by Gasteiger charge is 2.32. The second kappa shape index (κ2) is 11.5. The minimum Gasteiger partial charge on any atom is -0.444 e. The van der Waals surface area contributed by atoms with E-state index in [1.54, 1.807) is 5.57 Å². The fourth-order valence-electron chi connectivity index (χ4n) is 3.81. The molecule has 162 valence electrons. The van der Waals surface area contributed by atoms with E-state index >= 15 is 0 Å². The highest BCUT2D eigenvalue weighted by atomic mass is 16.6. The van der Waals surface area contributed by atoms with Crippen molar-refractivity contribution in [3.05, 3.63) is 23.4 Å². The third kappa shape index (κ3) is 6.56. The molecule has 1 atom stereocenters. The Morgan fingerprint density at radius 1 is 1.07 bits per heavy atom. The molecule has 1 saturated heterocycles. The maximum atomic E-state index is 12.2. The largest absolute Gasteiger partial charge is 0.444 e. The van der Waals surface area contributed by atoms with E-state index in [0.717, 1.165) is 32.1 Å². The molecule has 0 aromatic heterocycles. The van der Waals surface area contributed by atoms with Crippen molar-refractivity contribution in [2.75, 3.05) is 26.2 Å². The normalized spacial score (nSPS) is 22.1. The number of carbonyl (C=O) groups excluding carboxylic acids is 1. The highest BCUT2D eigenvalue weighted by Crippen LogP contribution is 2.42. The second-order valence-corrected chi connectivity index (χ2v) is 8.33. The number of ether oxygens (including phenoxy) is 1. The Morgan fingerprint density at radius 3 is 2.07 bits per heavy atom. The minimum absolute atomic E-state index is 0.181. The molecule has 0 bridgehead atoms. The number of hydrogen-bond acceptors (Lipinski definition) is 3. The molecule has 0 aromatic carbocycles. The first-order valence-corrected chi connectivity index (χ1v) is 11.5. The van der Waals surface area contributed by atoms with Crippen LogP contribution in [0.4, 0.5) is 4.79 Å². The molecule has 0 spiro atoms. The zero-order valence-corrected chi connectivity index (χ0v) is 19.7. The third-order valence-corrected chi connectivity index (χ3v) is 5.43. The van der Waals surface area contributed by atoms with Gasteiger partial charge in [0.25, 0.3) is 0 Å². The monoisotopic (exact) mass is 392 g/mol. The topological polar surface area (TPSA) is 32.8 Å². The van der Waals surface area contributed by atoms with Gasteiger partial charge in [-0.1, -0.05) is 52.7 Å². The predicted molar refractivity (Wildman–Crippen MR) is 119 cm³/mol. The van der Waals surface area contributed by atoms with Crippen molar-refractivity contribution in [1.82, 2.24) is 9.80 Å². The molecule has 1 unspecified atom stereocenters. The highest BCUT2D eigenvalue weighted by molar-refractivity contribution is 5.68. The van der Waals surface area contributed by atoms with Gasteiger partial charge in [-0.25, -0.2) is 4.79 Å². The summed E-state index contributed by atoms with van der Waals surface area (Å²) in [5.74, 6) is 1.46. The summed E-state index contributed by atoms with van der Waals surface area (Å²) >= 11 is 0. The summed E-state index contributed by atoms with van der Waals surface area (Å²) in [5.41, 5.74) is 2.62. The summed E-state index contributed by atoms with van der Waals surface area (Å²) in [5, 5.41) is 0. The number of nitrogens with zero attached hydrogens (tertiary/aromatic N) is 2. The number of carbonyl (C=O) groups is 1. The fourth-order valence-corrected chi connectivity index (χ4v) is 3.81. The average Bonchev–Trinajstić information content (AvgIpc) is 3.06. The fraction of sp³-hybridized carbons (Fsp3) is 0.792. The molecule has 0 aromatic rings. The van der Waals surface area contributed by atoms with E-state index in [2.05, 4.69) is 24.0 Å². The van der Waals surface area contributed by atoms with Gasteiger partial charge in [0.2, 0.25) is 0 Å². The molecule has 1 amide bonds. The van der Waals surface area contributed by atoms with Crippen LogP contribution in [0, 0.1) is 11.8 Å². The molecule has 1 aliphatic heterocycles. The molecule has 1 saturated carbocycles. The number of hydrogen-bond donors (Lipinski definition) is 0. The van der Waals surface area contributed by atoms with E-state index in [1.165, 1.54) is 31.4 Å². The van der Waals surface area contributed by atoms with Gasteiger partial charge < -0.3 is 14.5 Å². The number of allylic oxidation sites excluding steroid dienone is 3. The van der Waals surface area contributed by atoms with Crippen molar-refractivity contribution in [3.8, 4) is 0 Å². The minimum atomic E-state index is -0.420. The number of piperazine rings is 1. The lowest BCUT2D eigenvalue weighted by atomic mass is 9.75. The van der Waals surface area contributed by atoms with Gasteiger partial charge in [0.1, 0.15) is 5.60 Å². The maximum absolute atomic E-state index is 12.2. The van der Waals surface area contributed by atoms with Crippen molar-refractivity contribution >= 4 is 6.09 Å². The van der Waals surface area contributed by atoms with Crippen LogP contribution in [0.5, 0.6) is 0 Å². The van der Waals surface area contributed by atoms with Crippen LogP contribution in [0.25, 0.3) is 0 Å². The van der Waals surface area contributed by atoms with E-state index in [0.29, 0.717) is 5.92 Å². The quantitative estimate of drug-likeness (QED) is 0.570. The average molecular weight is 393 g/mol. The maximum Gasteiger partial charge on any atom is 0.410 e. The van der Waals surface area contributed by atoms with Crippen LogP contribution in [0.3, 0.4) is 0 Å². The summed E-state index contributed by atoms with van der Waals surface area (Å²) < 4.78 is 5.48. The Labute approximate surface area is 174 Å². The molecule has 0 radical (unpaired) electrons. The van der Waals surface area contributed by atoms with Gasteiger partial charge in [-0.15, -0.1) is 0 Å². The zero-order valence-electron chi connectivity index (χ0n) is 19.7. The Bertz CT molecular complexity index is 533. The Balaban J connectivity index is 0.000000921. The first-order chi connectivity index (χ1) is 13.4. The van der Waals surface area contributed by atoms with Crippen LogP contribution in [0.2, 0.25) is 0 Å². The van der Waals surface area contributed by atoms with Crippen molar-refractivity contribution in [2.45, 2.75) is 86.7 Å². The van der Waals surface area contributed by atoms with Crippen molar-refractivity contribution < 1.29 is 9.53 Å². The van der Waals surface area contributed by atoms with Crippen molar-refractivity contribution in [3.63, 3.8) is 0 Å². The van der Waals surface area contributed by atoms with Gasteiger partial charge in [-0.2, -0.15) is 0 Å². The Hall–Kier alpha value is -1.45. The summed E-state index contributed by atoms with van der Waals surface area (Å²) in [6.07, 6.45) is 10.1. The molecule has 2 fully saturated rings. The van der Waals surface area contributed by atoms with E-state index in [4.69, 9.17) is 4.74 Å². The lowest BCUT2D eigenvalue weighted by Gasteiger charge is -2.37. The van der Waals surface area contributed by atoms with Crippen molar-refractivity contribution in [1.29, 1.82) is 0 Å².